The molecule has 3 aromatic rings. The summed E-state index contributed by atoms with van der Waals surface area (Å²) in [6.07, 6.45) is 1.17. The topological polar surface area (TPSA) is 95.9 Å². The molecule has 7 nitrogen and oxygen atoms in total. The van der Waals surface area contributed by atoms with Gasteiger partial charge in [0.05, 0.1) is 22.9 Å². The van der Waals surface area contributed by atoms with Gasteiger partial charge in [-0.15, -0.1) is 0 Å². The first-order valence-electron chi connectivity index (χ1n) is 9.75. The molecule has 0 aromatic heterocycles. The summed E-state index contributed by atoms with van der Waals surface area (Å²) in [5, 5.41) is 4.60. The molecule has 172 valence electrons. The van der Waals surface area contributed by atoms with E-state index in [0.717, 1.165) is 10.7 Å². The number of benzene rings is 3. The third-order valence-electron chi connectivity index (χ3n) is 5.00. The average molecular weight is 508 g/mol. The number of nitrogens with one attached hydrogen (secondary N) is 1. The quantitative estimate of drug-likeness (QED) is 0.535. The highest BCUT2D eigenvalue weighted by atomic mass is 35.5. The van der Waals surface area contributed by atoms with E-state index in [0.29, 0.717) is 17.0 Å². The van der Waals surface area contributed by atoms with Crippen LogP contribution in [-0.2, 0) is 20.0 Å². The molecule has 1 N–H and O–H groups in total. The lowest BCUT2D eigenvalue weighted by Crippen LogP contribution is -2.28. The minimum absolute atomic E-state index is 0.0611. The van der Waals surface area contributed by atoms with Gasteiger partial charge in [0, 0.05) is 22.7 Å². The van der Waals surface area contributed by atoms with Crippen LogP contribution >= 0.6 is 11.6 Å². The highest BCUT2D eigenvalue weighted by Crippen LogP contribution is 2.38. The Labute approximate surface area is 196 Å². The Morgan fingerprint density at radius 2 is 1.70 bits per heavy atom. The molecule has 0 bridgehead atoms. The minimum atomic E-state index is -4.15. The van der Waals surface area contributed by atoms with E-state index in [2.05, 4.69) is 9.82 Å². The van der Waals surface area contributed by atoms with Crippen LogP contribution in [0.4, 0.5) is 10.1 Å². The van der Waals surface area contributed by atoms with E-state index in [1.165, 1.54) is 36.4 Å². The lowest BCUT2D eigenvalue weighted by Gasteiger charge is -2.23. The van der Waals surface area contributed by atoms with E-state index >= 15 is 0 Å². The van der Waals surface area contributed by atoms with Gasteiger partial charge in [0.1, 0.15) is 5.82 Å². The van der Waals surface area contributed by atoms with Crippen LogP contribution in [0.2, 0.25) is 5.02 Å². The second kappa shape index (κ2) is 8.77. The number of hydrazone groups is 1. The van der Waals surface area contributed by atoms with Crippen molar-refractivity contribution in [3.63, 3.8) is 0 Å². The number of rotatable bonds is 6. The van der Waals surface area contributed by atoms with Crippen molar-refractivity contribution < 1.29 is 21.2 Å². The predicted molar refractivity (Wildman–Crippen MR) is 126 cm³/mol. The molecule has 0 aliphatic carbocycles. The fraction of sp³-hybridized carbons (Fsp3) is 0.136. The van der Waals surface area contributed by atoms with E-state index in [1.54, 1.807) is 36.4 Å². The van der Waals surface area contributed by atoms with E-state index in [1.807, 2.05) is 0 Å². The number of hydrogen-bond acceptors (Lipinski definition) is 5. The predicted octanol–water partition coefficient (Wildman–Crippen LogP) is 4.39. The van der Waals surface area contributed by atoms with Gasteiger partial charge in [-0.3, -0.25) is 4.72 Å². The van der Waals surface area contributed by atoms with Crippen molar-refractivity contribution in [1.82, 2.24) is 4.41 Å². The summed E-state index contributed by atoms with van der Waals surface area (Å²) >= 11 is 5.99. The molecule has 1 aliphatic heterocycles. The molecule has 4 rings (SSSR count). The number of nitrogens with zero attached hydrogens (tertiary/aromatic N) is 2. The number of anilines is 1. The van der Waals surface area contributed by atoms with E-state index in [-0.39, 0.29) is 21.9 Å². The fourth-order valence-corrected chi connectivity index (χ4v) is 5.83. The molecule has 1 unspecified atom stereocenters. The molecule has 3 aromatic carbocycles. The van der Waals surface area contributed by atoms with Crippen LogP contribution in [0.15, 0.2) is 82.8 Å². The van der Waals surface area contributed by atoms with Crippen LogP contribution < -0.4 is 4.72 Å². The van der Waals surface area contributed by atoms with Gasteiger partial charge in [-0.25, -0.2) is 12.8 Å². The smallest absolute Gasteiger partial charge is 0.279 e. The Kier molecular flexibility index (Phi) is 6.17. The van der Waals surface area contributed by atoms with Crippen molar-refractivity contribution in [3.05, 3.63) is 94.8 Å². The van der Waals surface area contributed by atoms with Crippen LogP contribution in [0, 0.1) is 5.82 Å². The second-order valence-corrected chi connectivity index (χ2v) is 11.5. The molecule has 1 heterocycles. The normalized spacial score (nSPS) is 16.5. The summed E-state index contributed by atoms with van der Waals surface area (Å²) in [5.41, 5.74) is 1.55. The molecule has 1 aliphatic rings. The maximum atomic E-state index is 14.7. The largest absolute Gasteiger partial charge is 0.284 e. The van der Waals surface area contributed by atoms with Crippen LogP contribution in [0.1, 0.15) is 23.6 Å². The lowest BCUT2D eigenvalue weighted by molar-refractivity contribution is 0.362. The molecular formula is C22H19ClFN3O4S2. The fourth-order valence-electron chi connectivity index (χ4n) is 3.54. The minimum Gasteiger partial charge on any atom is -0.284 e. The number of halogens is 2. The summed E-state index contributed by atoms with van der Waals surface area (Å²) in [7, 11) is -7.59. The first kappa shape index (κ1) is 23.2. The van der Waals surface area contributed by atoms with Crippen molar-refractivity contribution >= 4 is 43.0 Å². The molecular weight excluding hydrogens is 489 g/mol. The Balaban J connectivity index is 1.76. The third kappa shape index (κ3) is 5.02. The zero-order chi connectivity index (χ0) is 23.8. The van der Waals surface area contributed by atoms with E-state index in [4.69, 9.17) is 11.6 Å². The van der Waals surface area contributed by atoms with Gasteiger partial charge in [-0.1, -0.05) is 48.0 Å². The van der Waals surface area contributed by atoms with Crippen molar-refractivity contribution in [1.29, 1.82) is 0 Å². The van der Waals surface area contributed by atoms with Crippen LogP contribution in [-0.4, -0.2) is 33.2 Å². The maximum absolute atomic E-state index is 14.7. The van der Waals surface area contributed by atoms with Crippen molar-refractivity contribution in [3.8, 4) is 0 Å². The molecule has 0 fully saturated rings. The summed E-state index contributed by atoms with van der Waals surface area (Å²) in [6, 6.07) is 17.2. The SMILES string of the molecule is CS(=O)(=O)Nc1ccc(C2=NN(S(=O)(=O)c3cccc(Cl)c3)C(c3ccccc3F)C2)cc1. The molecule has 33 heavy (non-hydrogen) atoms. The summed E-state index contributed by atoms with van der Waals surface area (Å²) in [4.78, 5) is -0.0611. The Morgan fingerprint density at radius 3 is 2.33 bits per heavy atom. The van der Waals surface area contributed by atoms with Crippen molar-refractivity contribution in [2.24, 2.45) is 5.10 Å². The second-order valence-electron chi connectivity index (χ2n) is 7.47. The summed E-state index contributed by atoms with van der Waals surface area (Å²) < 4.78 is 67.7. The molecule has 1 atom stereocenters. The highest BCUT2D eigenvalue weighted by molar-refractivity contribution is 7.92. The lowest BCUT2D eigenvalue weighted by atomic mass is 9.99. The average Bonchev–Trinajstić information content (AvgIpc) is 3.19. The van der Waals surface area contributed by atoms with Gasteiger partial charge < -0.3 is 0 Å². The monoisotopic (exact) mass is 507 g/mol. The van der Waals surface area contributed by atoms with Crippen LogP contribution in [0.25, 0.3) is 0 Å². The molecule has 0 saturated heterocycles. The first-order valence-corrected chi connectivity index (χ1v) is 13.5. The van der Waals surface area contributed by atoms with Gasteiger partial charge in [0.15, 0.2) is 0 Å². The molecule has 11 heteroatoms. The van der Waals surface area contributed by atoms with Gasteiger partial charge >= 0.3 is 0 Å². The maximum Gasteiger partial charge on any atom is 0.279 e. The number of hydrogen-bond donors (Lipinski definition) is 1. The Morgan fingerprint density at radius 1 is 1.00 bits per heavy atom. The van der Waals surface area contributed by atoms with Gasteiger partial charge in [0.25, 0.3) is 10.0 Å². The zero-order valence-corrected chi connectivity index (χ0v) is 19.7. The molecule has 0 spiro atoms. The third-order valence-corrected chi connectivity index (χ3v) is 7.52. The standard InChI is InChI=1S/C22H19ClFN3O4S2/c1-32(28,29)26-17-11-9-15(10-12-17)21-14-22(19-7-2-3-8-20(19)24)27(25-21)33(30,31)18-6-4-5-16(23)13-18/h2-13,22,26H,14H2,1H3. The van der Waals surface area contributed by atoms with Crippen molar-refractivity contribution in [2.75, 3.05) is 11.0 Å². The Bertz CT molecular complexity index is 1440. The van der Waals surface area contributed by atoms with Gasteiger partial charge in [0.2, 0.25) is 10.0 Å². The summed E-state index contributed by atoms with van der Waals surface area (Å²) in [5.74, 6) is -0.544. The first-order chi connectivity index (χ1) is 15.5. The van der Waals surface area contributed by atoms with Crippen LogP contribution in [0.3, 0.4) is 0 Å². The van der Waals surface area contributed by atoms with E-state index < -0.39 is 31.9 Å². The van der Waals surface area contributed by atoms with Gasteiger partial charge in [-0.2, -0.15) is 17.9 Å². The van der Waals surface area contributed by atoms with Crippen molar-refractivity contribution in [2.45, 2.75) is 17.4 Å². The van der Waals surface area contributed by atoms with Crippen LogP contribution in [0.5, 0.6) is 0 Å². The molecule has 0 radical (unpaired) electrons. The number of sulfonamides is 2. The summed E-state index contributed by atoms with van der Waals surface area (Å²) in [6.45, 7) is 0. The molecule has 0 saturated carbocycles. The van der Waals surface area contributed by atoms with E-state index in [9.17, 15) is 21.2 Å². The zero-order valence-electron chi connectivity index (χ0n) is 17.3. The Hall–Kier alpha value is -2.95. The van der Waals surface area contributed by atoms with Gasteiger partial charge in [-0.05, 0) is 42.0 Å². The molecule has 0 amide bonds. The highest BCUT2D eigenvalue weighted by Gasteiger charge is 2.39.